The normalized spacial score (nSPS) is 13.4. The van der Waals surface area contributed by atoms with Crippen LogP contribution in [-0.2, 0) is 0 Å². The van der Waals surface area contributed by atoms with Crippen LogP contribution in [0.25, 0.3) is 49.0 Å². The zero-order chi connectivity index (χ0) is 25.1. The van der Waals surface area contributed by atoms with Crippen molar-refractivity contribution in [2.24, 2.45) is 0 Å². The molecule has 0 heteroatoms. The number of hydrogen-bond donors (Lipinski definition) is 0. The van der Waals surface area contributed by atoms with Gasteiger partial charge in [0, 0.05) is 0 Å². The van der Waals surface area contributed by atoms with E-state index in [-0.39, 0.29) is 0 Å². The molecule has 5 rings (SSSR count). The van der Waals surface area contributed by atoms with Crippen LogP contribution in [0.15, 0.2) is 133 Å². The van der Waals surface area contributed by atoms with Gasteiger partial charge in [-0.05, 0) is 93.4 Å². The SMILES string of the molecule is C\C=C/C=C(C)/C(C)=C/C=C(\C)c1c2ccccc2c(-c2cccc3ccccc23)c2ccccc12. The minimum atomic E-state index is 1.27. The number of allylic oxidation sites excluding steroid dienone is 8. The summed E-state index contributed by atoms with van der Waals surface area (Å²) in [6, 6.07) is 33.1. The average Bonchev–Trinajstić information content (AvgIpc) is 2.92. The highest BCUT2D eigenvalue weighted by molar-refractivity contribution is 6.21. The molecule has 0 radical (unpaired) electrons. The molecule has 0 aliphatic carbocycles. The lowest BCUT2D eigenvalue weighted by Crippen LogP contribution is -1.93. The second kappa shape index (κ2) is 10.2. The Kier molecular flexibility index (Phi) is 6.69. The van der Waals surface area contributed by atoms with Crippen molar-refractivity contribution < 1.29 is 0 Å². The first kappa shape index (κ1) is 23.6. The van der Waals surface area contributed by atoms with Gasteiger partial charge in [-0.15, -0.1) is 0 Å². The molecule has 0 heterocycles. The minimum Gasteiger partial charge on any atom is -0.0877 e. The molecule has 0 fully saturated rings. The van der Waals surface area contributed by atoms with E-state index in [4.69, 9.17) is 0 Å². The lowest BCUT2D eigenvalue weighted by atomic mass is 9.85. The second-order valence-electron chi connectivity index (χ2n) is 9.44. The van der Waals surface area contributed by atoms with Crippen LogP contribution in [0.4, 0.5) is 0 Å². The van der Waals surface area contributed by atoms with E-state index in [0.29, 0.717) is 0 Å². The highest BCUT2D eigenvalue weighted by atomic mass is 14.2. The van der Waals surface area contributed by atoms with Crippen LogP contribution in [0.3, 0.4) is 0 Å². The Hall–Kier alpha value is -4.16. The predicted molar refractivity (Wildman–Crippen MR) is 160 cm³/mol. The molecule has 0 bridgehead atoms. The van der Waals surface area contributed by atoms with Crippen LogP contribution in [0.2, 0.25) is 0 Å². The smallest absolute Gasteiger partial charge is 0.00201 e. The van der Waals surface area contributed by atoms with Gasteiger partial charge in [0.2, 0.25) is 0 Å². The first-order chi connectivity index (χ1) is 17.6. The number of fused-ring (bicyclic) bond motifs is 3. The summed E-state index contributed by atoms with van der Waals surface area (Å²) in [7, 11) is 0. The van der Waals surface area contributed by atoms with E-state index in [2.05, 4.69) is 142 Å². The van der Waals surface area contributed by atoms with Gasteiger partial charge in [-0.3, -0.25) is 0 Å². The van der Waals surface area contributed by atoms with Crippen molar-refractivity contribution in [1.29, 1.82) is 0 Å². The molecule has 0 atom stereocenters. The first-order valence-electron chi connectivity index (χ1n) is 12.7. The largest absolute Gasteiger partial charge is 0.0877 e. The fourth-order valence-electron chi connectivity index (χ4n) is 5.12. The number of hydrogen-bond acceptors (Lipinski definition) is 0. The van der Waals surface area contributed by atoms with Gasteiger partial charge in [0.1, 0.15) is 0 Å². The molecule has 0 N–H and O–H groups in total. The molecule has 0 spiro atoms. The van der Waals surface area contributed by atoms with Gasteiger partial charge in [-0.25, -0.2) is 0 Å². The van der Waals surface area contributed by atoms with Crippen molar-refractivity contribution in [2.45, 2.75) is 27.7 Å². The zero-order valence-electron chi connectivity index (χ0n) is 21.5. The Balaban J connectivity index is 1.81. The zero-order valence-corrected chi connectivity index (χ0v) is 21.5. The summed E-state index contributed by atoms with van der Waals surface area (Å²) >= 11 is 0. The first-order valence-corrected chi connectivity index (χ1v) is 12.7. The van der Waals surface area contributed by atoms with Crippen molar-refractivity contribution in [3.05, 3.63) is 138 Å². The van der Waals surface area contributed by atoms with Gasteiger partial charge in [-0.1, -0.05) is 121 Å². The summed E-state index contributed by atoms with van der Waals surface area (Å²) in [5.41, 5.74) is 7.72. The monoisotopic (exact) mass is 464 g/mol. The van der Waals surface area contributed by atoms with Crippen LogP contribution in [0, 0.1) is 0 Å². The van der Waals surface area contributed by atoms with Crippen LogP contribution in [-0.4, -0.2) is 0 Å². The number of rotatable bonds is 5. The van der Waals surface area contributed by atoms with Crippen LogP contribution in [0.5, 0.6) is 0 Å². The highest BCUT2D eigenvalue weighted by Crippen LogP contribution is 2.43. The fraction of sp³-hybridized carbons (Fsp3) is 0.111. The Morgan fingerprint density at radius 2 is 1.06 bits per heavy atom. The lowest BCUT2D eigenvalue weighted by molar-refractivity contribution is 1.34. The van der Waals surface area contributed by atoms with Gasteiger partial charge in [-0.2, -0.15) is 0 Å². The Morgan fingerprint density at radius 1 is 0.528 bits per heavy atom. The van der Waals surface area contributed by atoms with Crippen LogP contribution in [0.1, 0.15) is 33.3 Å². The van der Waals surface area contributed by atoms with E-state index < -0.39 is 0 Å². The maximum absolute atomic E-state index is 2.28. The van der Waals surface area contributed by atoms with E-state index in [1.165, 1.54) is 65.7 Å². The number of benzene rings is 5. The quantitative estimate of drug-likeness (QED) is 0.179. The van der Waals surface area contributed by atoms with E-state index in [0.717, 1.165) is 0 Å². The summed E-state index contributed by atoms with van der Waals surface area (Å²) in [6.45, 7) is 8.63. The molecule has 5 aromatic rings. The third-order valence-corrected chi connectivity index (χ3v) is 7.13. The Bertz CT molecular complexity index is 1640. The molecule has 176 valence electrons. The average molecular weight is 465 g/mol. The molecule has 36 heavy (non-hydrogen) atoms. The van der Waals surface area contributed by atoms with E-state index in [9.17, 15) is 0 Å². The molecule has 0 amide bonds. The minimum absolute atomic E-state index is 1.27. The fourth-order valence-corrected chi connectivity index (χ4v) is 5.12. The molecule has 0 aromatic heterocycles. The van der Waals surface area contributed by atoms with Crippen molar-refractivity contribution in [2.75, 3.05) is 0 Å². The van der Waals surface area contributed by atoms with Gasteiger partial charge in [0.15, 0.2) is 0 Å². The van der Waals surface area contributed by atoms with Gasteiger partial charge in [0.05, 0.1) is 0 Å². The van der Waals surface area contributed by atoms with E-state index >= 15 is 0 Å². The Morgan fingerprint density at radius 3 is 1.69 bits per heavy atom. The molecule has 0 unspecified atom stereocenters. The van der Waals surface area contributed by atoms with Crippen molar-refractivity contribution >= 4 is 37.9 Å². The topological polar surface area (TPSA) is 0 Å². The summed E-state index contributed by atoms with van der Waals surface area (Å²) in [4.78, 5) is 0. The third-order valence-electron chi connectivity index (χ3n) is 7.13. The second-order valence-corrected chi connectivity index (χ2v) is 9.44. The summed E-state index contributed by atoms with van der Waals surface area (Å²) in [5.74, 6) is 0. The highest BCUT2D eigenvalue weighted by Gasteiger charge is 2.17. The molecular formula is C36H32. The molecule has 0 nitrogen and oxygen atoms in total. The summed E-state index contributed by atoms with van der Waals surface area (Å²) in [6.07, 6.45) is 10.8. The van der Waals surface area contributed by atoms with Crippen LogP contribution >= 0.6 is 0 Å². The molecule has 0 saturated heterocycles. The molecule has 0 saturated carbocycles. The maximum Gasteiger partial charge on any atom is -0.00201 e. The standard InChI is InChI=1S/C36H32/c1-5-6-14-25(2)26(3)23-24-27(4)35-31-18-9-11-20-33(31)36(34-21-12-10-19-32(34)35)30-22-13-16-28-15-7-8-17-29(28)30/h5-24H,1-4H3/b6-5-,25-14+,26-23+,27-24+. The molecule has 5 aromatic carbocycles. The molecular weight excluding hydrogens is 432 g/mol. The van der Waals surface area contributed by atoms with Crippen molar-refractivity contribution in [3.63, 3.8) is 0 Å². The van der Waals surface area contributed by atoms with Gasteiger partial charge < -0.3 is 0 Å². The van der Waals surface area contributed by atoms with E-state index in [1.807, 2.05) is 6.92 Å². The van der Waals surface area contributed by atoms with Gasteiger partial charge in [0.25, 0.3) is 0 Å². The Labute approximate surface area is 214 Å². The van der Waals surface area contributed by atoms with Crippen LogP contribution < -0.4 is 0 Å². The summed E-state index contributed by atoms with van der Waals surface area (Å²) < 4.78 is 0. The summed E-state index contributed by atoms with van der Waals surface area (Å²) in [5, 5.41) is 7.73. The van der Waals surface area contributed by atoms with Crippen molar-refractivity contribution in [1.82, 2.24) is 0 Å². The van der Waals surface area contributed by atoms with Crippen molar-refractivity contribution in [3.8, 4) is 11.1 Å². The lowest BCUT2D eigenvalue weighted by Gasteiger charge is -2.19. The predicted octanol–water partition coefficient (Wildman–Crippen LogP) is 10.7. The third kappa shape index (κ3) is 4.32. The molecule has 0 aliphatic rings. The molecule has 0 aliphatic heterocycles. The van der Waals surface area contributed by atoms with Gasteiger partial charge >= 0.3 is 0 Å². The van der Waals surface area contributed by atoms with E-state index in [1.54, 1.807) is 0 Å². The maximum atomic E-state index is 2.28.